The van der Waals surface area contributed by atoms with E-state index in [1.165, 1.54) is 11.8 Å². The topological polar surface area (TPSA) is 53.7 Å². The van der Waals surface area contributed by atoms with Gasteiger partial charge in [-0.1, -0.05) is 57.7 Å². The van der Waals surface area contributed by atoms with Gasteiger partial charge in [0.05, 0.1) is 12.4 Å². The first-order valence-electron chi connectivity index (χ1n) is 6.70. The highest BCUT2D eigenvalue weighted by atomic mass is 127. The SMILES string of the molecule is CS/C(=N/N=C/c1ccc(Cl)cc1)[NH2+]/N=C/c1ccc(Cl)cc1.[I-]. The second kappa shape index (κ2) is 11.6. The molecule has 0 fully saturated rings. The second-order valence-electron chi connectivity index (χ2n) is 4.40. The third-order valence-corrected chi connectivity index (χ3v) is 3.83. The molecule has 0 aromatic heterocycles. The lowest BCUT2D eigenvalue weighted by atomic mass is 10.2. The Morgan fingerprint density at radius 1 is 0.917 bits per heavy atom. The van der Waals surface area contributed by atoms with Gasteiger partial charge in [0.2, 0.25) is 0 Å². The molecule has 0 bridgehead atoms. The van der Waals surface area contributed by atoms with Crippen molar-refractivity contribution in [3.05, 3.63) is 69.7 Å². The van der Waals surface area contributed by atoms with Crippen molar-refractivity contribution < 1.29 is 29.4 Å². The van der Waals surface area contributed by atoms with Crippen molar-refractivity contribution in [3.8, 4) is 0 Å². The van der Waals surface area contributed by atoms with Crippen LogP contribution in [0.1, 0.15) is 11.1 Å². The van der Waals surface area contributed by atoms with E-state index in [4.69, 9.17) is 23.2 Å². The van der Waals surface area contributed by atoms with Gasteiger partial charge in [-0.05, 0) is 53.4 Å². The largest absolute Gasteiger partial charge is 1.00 e. The first-order chi connectivity index (χ1) is 11.2. The summed E-state index contributed by atoms with van der Waals surface area (Å²) in [6, 6.07) is 14.8. The number of nitrogens with two attached hydrogens (primary N) is 1. The van der Waals surface area contributed by atoms with Crippen molar-refractivity contribution in [2.45, 2.75) is 0 Å². The van der Waals surface area contributed by atoms with Crippen LogP contribution in [0.4, 0.5) is 0 Å². The Bertz CT molecular complexity index is 716. The van der Waals surface area contributed by atoms with Gasteiger partial charge in [0.25, 0.3) is 0 Å². The van der Waals surface area contributed by atoms with Crippen LogP contribution >= 0.6 is 35.0 Å². The molecule has 0 aliphatic heterocycles. The molecule has 0 aliphatic carbocycles. The molecule has 0 saturated heterocycles. The lowest BCUT2D eigenvalue weighted by Gasteiger charge is -1.94. The Morgan fingerprint density at radius 2 is 1.42 bits per heavy atom. The van der Waals surface area contributed by atoms with E-state index in [0.717, 1.165) is 11.1 Å². The van der Waals surface area contributed by atoms with Crippen LogP contribution in [-0.4, -0.2) is 23.9 Å². The van der Waals surface area contributed by atoms with Crippen LogP contribution in [0.15, 0.2) is 63.8 Å². The normalized spacial score (nSPS) is 11.9. The Labute approximate surface area is 172 Å². The van der Waals surface area contributed by atoms with E-state index in [0.29, 0.717) is 15.2 Å². The van der Waals surface area contributed by atoms with Gasteiger partial charge in [0, 0.05) is 10.0 Å². The standard InChI is InChI=1S/C16H14Cl2N4S.HI/c1-23-16(21-19-10-12-2-6-14(17)7-3-12)22-20-11-13-4-8-15(18)9-5-13;/h2-11H,1H3,(H,21,22);1H/b19-10+,20-11+;. The van der Waals surface area contributed by atoms with Crippen LogP contribution in [0.25, 0.3) is 0 Å². The Hall–Kier alpha value is -0.930. The third kappa shape index (κ3) is 7.76. The zero-order valence-electron chi connectivity index (χ0n) is 12.7. The van der Waals surface area contributed by atoms with Crippen LogP contribution in [0.2, 0.25) is 10.0 Å². The monoisotopic (exact) mass is 492 g/mol. The van der Waals surface area contributed by atoms with E-state index >= 15 is 0 Å². The molecular weight excluding hydrogens is 478 g/mol. The summed E-state index contributed by atoms with van der Waals surface area (Å²) in [6.07, 6.45) is 5.33. The number of amidine groups is 1. The Balaban J connectivity index is 0.00000288. The molecule has 2 aromatic rings. The average Bonchev–Trinajstić information content (AvgIpc) is 2.57. The number of nitrogens with zero attached hydrogens (tertiary/aromatic N) is 3. The number of hydrogen-bond donors (Lipinski definition) is 1. The lowest BCUT2D eigenvalue weighted by Crippen LogP contribution is -3.00. The van der Waals surface area contributed by atoms with Crippen molar-refractivity contribution in [1.82, 2.24) is 0 Å². The van der Waals surface area contributed by atoms with Gasteiger partial charge < -0.3 is 24.0 Å². The van der Waals surface area contributed by atoms with Gasteiger partial charge in [-0.2, -0.15) is 10.5 Å². The fourth-order valence-corrected chi connectivity index (χ4v) is 2.10. The summed E-state index contributed by atoms with van der Waals surface area (Å²) in [4.78, 5) is 0. The number of rotatable bonds is 4. The van der Waals surface area contributed by atoms with Gasteiger partial charge in [-0.3, -0.25) is 0 Å². The second-order valence-corrected chi connectivity index (χ2v) is 6.10. The quantitative estimate of drug-likeness (QED) is 0.220. The zero-order chi connectivity index (χ0) is 16.5. The predicted molar refractivity (Wildman–Crippen MR) is 101 cm³/mol. The summed E-state index contributed by atoms with van der Waals surface area (Å²) < 4.78 is 0. The molecule has 4 nitrogen and oxygen atoms in total. The van der Waals surface area contributed by atoms with Gasteiger partial charge in [-0.15, -0.1) is 0 Å². The molecule has 0 aliphatic rings. The number of benzene rings is 2. The van der Waals surface area contributed by atoms with Crippen LogP contribution in [0.5, 0.6) is 0 Å². The first-order valence-corrected chi connectivity index (χ1v) is 8.68. The highest BCUT2D eigenvalue weighted by Gasteiger charge is 1.99. The summed E-state index contributed by atoms with van der Waals surface area (Å²) in [6.45, 7) is 0. The number of hydrogen-bond acceptors (Lipinski definition) is 4. The minimum absolute atomic E-state index is 0. The minimum Gasteiger partial charge on any atom is -1.00 e. The summed E-state index contributed by atoms with van der Waals surface area (Å²) in [5, 5.41) is 14.5. The van der Waals surface area contributed by atoms with Gasteiger partial charge in [0.15, 0.2) is 0 Å². The molecule has 2 rings (SSSR count). The molecular formula is C16H15Cl2IN4S. The van der Waals surface area contributed by atoms with Crippen molar-refractivity contribution in [2.75, 3.05) is 6.26 Å². The van der Waals surface area contributed by atoms with Gasteiger partial charge >= 0.3 is 5.17 Å². The minimum atomic E-state index is 0. The summed E-state index contributed by atoms with van der Waals surface area (Å²) in [7, 11) is 0. The molecule has 0 unspecified atom stereocenters. The van der Waals surface area contributed by atoms with E-state index in [1.54, 1.807) is 17.9 Å². The molecule has 24 heavy (non-hydrogen) atoms. The Morgan fingerprint density at radius 3 is 1.92 bits per heavy atom. The van der Waals surface area contributed by atoms with E-state index in [2.05, 4.69) is 15.3 Å². The molecule has 0 amide bonds. The van der Waals surface area contributed by atoms with Crippen molar-refractivity contribution >= 4 is 52.6 Å². The maximum atomic E-state index is 5.84. The van der Waals surface area contributed by atoms with Crippen molar-refractivity contribution in [1.29, 1.82) is 0 Å². The Kier molecular flexibility index (Phi) is 10.2. The summed E-state index contributed by atoms with van der Waals surface area (Å²) in [5.41, 5.74) is 3.57. The molecule has 0 saturated carbocycles. The van der Waals surface area contributed by atoms with Crippen molar-refractivity contribution in [3.63, 3.8) is 0 Å². The molecule has 0 spiro atoms. The highest BCUT2D eigenvalue weighted by molar-refractivity contribution is 8.12. The van der Waals surface area contributed by atoms with Crippen LogP contribution < -0.4 is 29.4 Å². The maximum absolute atomic E-state index is 5.84. The third-order valence-electron chi connectivity index (χ3n) is 2.72. The highest BCUT2D eigenvalue weighted by Crippen LogP contribution is 2.08. The van der Waals surface area contributed by atoms with Gasteiger partial charge in [-0.25, -0.2) is 0 Å². The number of thioether (sulfide) groups is 1. The van der Waals surface area contributed by atoms with E-state index < -0.39 is 0 Å². The lowest BCUT2D eigenvalue weighted by molar-refractivity contribution is -0.539. The molecule has 126 valence electrons. The number of halogens is 3. The summed E-state index contributed by atoms with van der Waals surface area (Å²) >= 11 is 13.1. The van der Waals surface area contributed by atoms with Crippen LogP contribution in [0.3, 0.4) is 0 Å². The maximum Gasteiger partial charge on any atom is 0.305 e. The zero-order valence-corrected chi connectivity index (χ0v) is 17.2. The average molecular weight is 493 g/mol. The van der Waals surface area contributed by atoms with E-state index in [9.17, 15) is 0 Å². The smallest absolute Gasteiger partial charge is 0.305 e. The van der Waals surface area contributed by atoms with Gasteiger partial charge in [0.1, 0.15) is 0 Å². The molecule has 8 heteroatoms. The molecule has 2 aromatic carbocycles. The number of quaternary nitrogens is 1. The molecule has 0 heterocycles. The molecule has 2 N–H and O–H groups in total. The van der Waals surface area contributed by atoms with E-state index in [-0.39, 0.29) is 24.0 Å². The fourth-order valence-electron chi connectivity index (χ4n) is 1.56. The van der Waals surface area contributed by atoms with Crippen molar-refractivity contribution in [2.24, 2.45) is 15.3 Å². The van der Waals surface area contributed by atoms with E-state index in [1.807, 2.05) is 54.8 Å². The predicted octanol–water partition coefficient (Wildman–Crippen LogP) is 0.648. The van der Waals surface area contributed by atoms with Crippen LogP contribution in [0, 0.1) is 0 Å². The summed E-state index contributed by atoms with van der Waals surface area (Å²) in [5.74, 6) is 0. The molecule has 0 radical (unpaired) electrons. The first kappa shape index (κ1) is 21.1. The molecule has 0 atom stereocenters. The van der Waals surface area contributed by atoms with Crippen LogP contribution in [-0.2, 0) is 0 Å². The fraction of sp³-hybridized carbons (Fsp3) is 0.0625.